The molecule has 0 aromatic rings. The Bertz CT molecular complexity index is 1600. The molecule has 0 aromatic heterocycles. The fraction of sp³-hybridized carbons (Fsp3) is 0.432. The average Bonchev–Trinajstić information content (AvgIpc) is 2.96. The highest BCUT2D eigenvalue weighted by molar-refractivity contribution is 6.01. The number of ether oxygens (including phenoxy) is 2. The summed E-state index contributed by atoms with van der Waals surface area (Å²) < 4.78 is 10.8. The van der Waals surface area contributed by atoms with Crippen LogP contribution in [-0.4, -0.2) is 29.9 Å². The van der Waals surface area contributed by atoms with E-state index in [1.54, 1.807) is 0 Å². The van der Waals surface area contributed by atoms with E-state index in [9.17, 15) is 14.4 Å². The van der Waals surface area contributed by atoms with Gasteiger partial charge in [0.15, 0.2) is 11.9 Å². The number of allylic oxidation sites excluding steroid dienone is 20. The monoisotopic (exact) mass is 666 g/mol. The number of carbonyl (C=O) groups is 3. The summed E-state index contributed by atoms with van der Waals surface area (Å²) >= 11 is 0. The Morgan fingerprint density at radius 3 is 1.51 bits per heavy atom. The number of ketones is 1. The molecule has 2 unspecified atom stereocenters. The third-order valence-corrected chi connectivity index (χ3v) is 8.88. The van der Waals surface area contributed by atoms with Crippen LogP contribution in [0.2, 0.25) is 0 Å². The van der Waals surface area contributed by atoms with Gasteiger partial charge in [0.1, 0.15) is 6.10 Å². The summed E-state index contributed by atoms with van der Waals surface area (Å²) in [6.07, 6.45) is 30.4. The van der Waals surface area contributed by atoms with Gasteiger partial charge < -0.3 is 9.47 Å². The Balaban J connectivity index is 1.95. The lowest BCUT2D eigenvalue weighted by Gasteiger charge is -2.37. The van der Waals surface area contributed by atoms with Crippen LogP contribution in [0.15, 0.2) is 130 Å². The molecule has 0 spiro atoms. The van der Waals surface area contributed by atoms with Gasteiger partial charge in [0.2, 0.25) is 0 Å². The number of Topliss-reactive ketones (excluding diaryl/α,β-unsaturated/α-hetero) is 1. The van der Waals surface area contributed by atoms with Crippen molar-refractivity contribution in [3.05, 3.63) is 130 Å². The number of esters is 2. The zero-order valence-corrected chi connectivity index (χ0v) is 31.9. The number of hydrogen-bond acceptors (Lipinski definition) is 5. The van der Waals surface area contributed by atoms with Crippen LogP contribution >= 0.6 is 0 Å². The summed E-state index contributed by atoms with van der Waals surface area (Å²) in [6.45, 7) is 23.6. The first kappa shape index (κ1) is 40.9. The van der Waals surface area contributed by atoms with Crippen LogP contribution in [0, 0.1) is 10.8 Å². The Morgan fingerprint density at radius 1 is 0.612 bits per heavy atom. The predicted molar refractivity (Wildman–Crippen MR) is 204 cm³/mol. The van der Waals surface area contributed by atoms with Crippen LogP contribution < -0.4 is 0 Å². The molecule has 2 aliphatic rings. The number of hydrogen-bond donors (Lipinski definition) is 0. The van der Waals surface area contributed by atoms with E-state index in [0.717, 1.165) is 40.7 Å². The van der Waals surface area contributed by atoms with Crippen LogP contribution in [0.25, 0.3) is 0 Å². The average molecular weight is 667 g/mol. The zero-order valence-electron chi connectivity index (χ0n) is 31.9. The highest BCUT2D eigenvalue weighted by atomic mass is 16.5. The van der Waals surface area contributed by atoms with Crippen LogP contribution in [0.5, 0.6) is 0 Å². The van der Waals surface area contributed by atoms with Crippen molar-refractivity contribution in [3.8, 4) is 0 Å². The lowest BCUT2D eigenvalue weighted by atomic mass is 9.71. The minimum Gasteiger partial charge on any atom is -0.462 e. The molecule has 5 nitrogen and oxygen atoms in total. The molecular formula is C44H58O5. The van der Waals surface area contributed by atoms with Gasteiger partial charge in [-0.3, -0.25) is 14.4 Å². The quantitative estimate of drug-likeness (QED) is 0.153. The highest BCUT2D eigenvalue weighted by Crippen LogP contribution is 2.42. The standard InChI is InChI=1S/C44H58O5/c1-30(19-15-21-32(3)23-25-39-34(5)27-38(48-36(7)45)28-43(39,9)10)17-13-14-18-31(2)20-16-22-33(4)24-26-40-35(6)42(47)41(49-37(8)46)29-44(40,11)12/h13-26,38,41H,27-29H2,1-12H3/b14-13+,19-15+,20-16+,25-23+,26-24+,30-17+,31-18+,32-21+,33-22+. The molecule has 0 saturated carbocycles. The normalized spacial score (nSPS) is 22.9. The molecule has 2 aliphatic carbocycles. The van der Waals surface area contributed by atoms with Crippen molar-refractivity contribution < 1.29 is 23.9 Å². The first-order chi connectivity index (χ1) is 22.8. The van der Waals surface area contributed by atoms with Gasteiger partial charge in [0.25, 0.3) is 0 Å². The molecular weight excluding hydrogens is 608 g/mol. The molecule has 2 rings (SSSR count). The molecule has 0 fully saturated rings. The third kappa shape index (κ3) is 13.6. The third-order valence-electron chi connectivity index (χ3n) is 8.88. The maximum absolute atomic E-state index is 12.8. The zero-order chi connectivity index (χ0) is 36.9. The molecule has 2 atom stereocenters. The molecule has 0 aromatic carbocycles. The molecule has 0 radical (unpaired) electrons. The Morgan fingerprint density at radius 2 is 1.04 bits per heavy atom. The van der Waals surface area contributed by atoms with Gasteiger partial charge in [-0.15, -0.1) is 0 Å². The number of carbonyl (C=O) groups excluding carboxylic acids is 3. The summed E-state index contributed by atoms with van der Waals surface area (Å²) in [4.78, 5) is 35.6. The van der Waals surface area contributed by atoms with E-state index in [2.05, 4.69) is 104 Å². The van der Waals surface area contributed by atoms with Gasteiger partial charge >= 0.3 is 11.9 Å². The smallest absolute Gasteiger partial charge is 0.303 e. The maximum atomic E-state index is 12.8. The fourth-order valence-corrected chi connectivity index (χ4v) is 6.43. The van der Waals surface area contributed by atoms with Crippen molar-refractivity contribution >= 4 is 17.7 Å². The maximum Gasteiger partial charge on any atom is 0.303 e. The van der Waals surface area contributed by atoms with Crippen molar-refractivity contribution in [2.75, 3.05) is 0 Å². The SMILES string of the molecule is CC(=O)OC1CC(C)=C(/C=C/C(C)=C/C=C/C(C)=C/C=C/C=C(C)/C=C/C=C(C)/C=C/C2=C(C)C(=O)C(OC(C)=O)CC2(C)C)C(C)(C)C1. The van der Waals surface area contributed by atoms with Gasteiger partial charge in [0, 0.05) is 26.7 Å². The molecule has 0 amide bonds. The molecule has 0 heterocycles. The highest BCUT2D eigenvalue weighted by Gasteiger charge is 2.39. The van der Waals surface area contributed by atoms with Crippen molar-refractivity contribution in [2.24, 2.45) is 10.8 Å². The van der Waals surface area contributed by atoms with E-state index in [1.165, 1.54) is 25.0 Å². The van der Waals surface area contributed by atoms with E-state index >= 15 is 0 Å². The van der Waals surface area contributed by atoms with Crippen LogP contribution in [-0.2, 0) is 23.9 Å². The summed E-state index contributed by atoms with van der Waals surface area (Å²) in [6, 6.07) is 0. The first-order valence-corrected chi connectivity index (χ1v) is 17.2. The van der Waals surface area contributed by atoms with Crippen molar-refractivity contribution in [3.63, 3.8) is 0 Å². The van der Waals surface area contributed by atoms with Gasteiger partial charge in [-0.2, -0.15) is 0 Å². The van der Waals surface area contributed by atoms with Crippen LogP contribution in [0.1, 0.15) is 102 Å². The largest absolute Gasteiger partial charge is 0.462 e. The van der Waals surface area contributed by atoms with Gasteiger partial charge in [0.05, 0.1) is 0 Å². The second kappa shape index (κ2) is 18.5. The topological polar surface area (TPSA) is 69.7 Å². The molecule has 49 heavy (non-hydrogen) atoms. The van der Waals surface area contributed by atoms with Crippen LogP contribution in [0.3, 0.4) is 0 Å². The van der Waals surface area contributed by atoms with Crippen molar-refractivity contribution in [1.82, 2.24) is 0 Å². The minimum absolute atomic E-state index is 0.0476. The molecule has 0 saturated heterocycles. The fourth-order valence-electron chi connectivity index (χ4n) is 6.43. The van der Waals surface area contributed by atoms with E-state index in [-0.39, 0.29) is 28.7 Å². The minimum atomic E-state index is -0.710. The van der Waals surface area contributed by atoms with Gasteiger partial charge in [-0.25, -0.2) is 0 Å². The lowest BCUT2D eigenvalue weighted by Crippen LogP contribution is -2.38. The van der Waals surface area contributed by atoms with E-state index in [4.69, 9.17) is 9.47 Å². The first-order valence-electron chi connectivity index (χ1n) is 17.2. The van der Waals surface area contributed by atoms with Crippen molar-refractivity contribution in [2.45, 2.75) is 115 Å². The van der Waals surface area contributed by atoms with E-state index in [0.29, 0.717) is 12.0 Å². The van der Waals surface area contributed by atoms with Crippen LogP contribution in [0.4, 0.5) is 0 Å². The molecule has 264 valence electrons. The summed E-state index contributed by atoms with van der Waals surface area (Å²) in [5, 5.41) is 0. The predicted octanol–water partition coefficient (Wildman–Crippen LogP) is 10.9. The second-order valence-electron chi connectivity index (χ2n) is 14.7. The lowest BCUT2D eigenvalue weighted by molar-refractivity contribution is -0.153. The molecule has 0 aliphatic heterocycles. The van der Waals surface area contributed by atoms with E-state index in [1.807, 2.05) is 50.3 Å². The Kier molecular flexibility index (Phi) is 15.4. The van der Waals surface area contributed by atoms with Gasteiger partial charge in [-0.05, 0) is 75.5 Å². The molecule has 0 bridgehead atoms. The Hall–Kier alpha value is -4.25. The summed E-state index contributed by atoms with van der Waals surface area (Å²) in [7, 11) is 0. The summed E-state index contributed by atoms with van der Waals surface area (Å²) in [5.41, 5.74) is 8.39. The van der Waals surface area contributed by atoms with Gasteiger partial charge in [-0.1, -0.05) is 141 Å². The second-order valence-corrected chi connectivity index (χ2v) is 14.7. The summed E-state index contributed by atoms with van der Waals surface area (Å²) in [5.74, 6) is -0.761. The molecule has 0 N–H and O–H groups in total. The Labute approximate surface area is 296 Å². The molecule has 5 heteroatoms. The van der Waals surface area contributed by atoms with E-state index < -0.39 is 12.1 Å². The number of rotatable bonds is 12. The van der Waals surface area contributed by atoms with Crippen molar-refractivity contribution in [1.29, 1.82) is 0 Å².